The summed E-state index contributed by atoms with van der Waals surface area (Å²) in [5.41, 5.74) is 6.03. The van der Waals surface area contributed by atoms with Crippen molar-refractivity contribution in [1.82, 2.24) is 5.32 Å². The van der Waals surface area contributed by atoms with Gasteiger partial charge < -0.3 is 14.6 Å². The van der Waals surface area contributed by atoms with Crippen molar-refractivity contribution >= 4 is 9.28 Å². The van der Waals surface area contributed by atoms with Crippen molar-refractivity contribution in [2.75, 3.05) is 13.2 Å². The molecule has 2 unspecified atom stereocenters. The highest BCUT2D eigenvalue weighted by Crippen LogP contribution is 2.05. The van der Waals surface area contributed by atoms with Crippen molar-refractivity contribution in [3.63, 3.8) is 0 Å². The highest BCUT2D eigenvalue weighted by Gasteiger charge is 2.27. The van der Waals surface area contributed by atoms with Crippen LogP contribution in [0, 0.1) is 0 Å². The van der Waals surface area contributed by atoms with E-state index in [1.807, 2.05) is 20.8 Å². The highest BCUT2D eigenvalue weighted by atomic mass is 28.3. The molecule has 0 aromatic rings. The first kappa shape index (κ1) is 15.1. The Kier molecular flexibility index (Phi) is 9.33. The van der Waals surface area contributed by atoms with Crippen LogP contribution in [0.3, 0.4) is 0 Å². The van der Waals surface area contributed by atoms with Gasteiger partial charge in [-0.2, -0.15) is 0 Å². The average Bonchev–Trinajstić information content (AvgIpc) is 2.16. The smallest absolute Gasteiger partial charge is 0.393 e. The minimum Gasteiger partial charge on any atom is -0.393 e. The van der Waals surface area contributed by atoms with E-state index in [1.165, 1.54) is 0 Å². The van der Waals surface area contributed by atoms with Crippen molar-refractivity contribution in [1.29, 1.82) is 0 Å². The number of nitrogens with two attached hydrogens (primary N) is 1. The first-order valence-corrected chi connectivity index (χ1v) is 7.19. The summed E-state index contributed by atoms with van der Waals surface area (Å²) in [7, 11) is -1.23. The van der Waals surface area contributed by atoms with Gasteiger partial charge in [-0.3, -0.25) is 5.32 Å². The molecule has 0 aliphatic heterocycles. The van der Waals surface area contributed by atoms with Crippen LogP contribution in [-0.2, 0) is 8.85 Å². The molecule has 15 heavy (non-hydrogen) atoms. The number of nitrogens with one attached hydrogen (secondary N) is 1. The Bertz CT molecular complexity index is 141. The van der Waals surface area contributed by atoms with Crippen LogP contribution in [0.5, 0.6) is 0 Å². The van der Waals surface area contributed by atoms with E-state index in [2.05, 4.69) is 12.2 Å². The monoisotopic (exact) mass is 233 g/mol. The molecule has 2 atom stereocenters. The third-order valence-corrected chi connectivity index (χ3v) is 4.07. The molecule has 0 aliphatic rings. The minimum atomic E-state index is -1.23. The minimum absolute atomic E-state index is 0.0116. The lowest BCUT2D eigenvalue weighted by atomic mass is 10.3. The van der Waals surface area contributed by atoms with Gasteiger partial charge in [0, 0.05) is 13.2 Å². The van der Waals surface area contributed by atoms with Gasteiger partial charge in [-0.1, -0.05) is 13.3 Å². The van der Waals surface area contributed by atoms with Crippen LogP contribution >= 0.6 is 0 Å². The van der Waals surface area contributed by atoms with Crippen LogP contribution in [0.1, 0.15) is 40.5 Å². The van der Waals surface area contributed by atoms with Crippen LogP contribution in [0.2, 0.25) is 0 Å². The lowest BCUT2D eigenvalue weighted by molar-refractivity contribution is 0.195. The maximum atomic E-state index is 5.75. The second-order valence-electron chi connectivity index (χ2n) is 3.48. The van der Waals surface area contributed by atoms with E-state index in [-0.39, 0.29) is 11.8 Å². The van der Waals surface area contributed by atoms with E-state index < -0.39 is 9.28 Å². The SMILES string of the molecule is CCCC(NC(C)N)[Si](OCC)OCC. The summed E-state index contributed by atoms with van der Waals surface area (Å²) in [4.78, 5) is 0. The van der Waals surface area contributed by atoms with E-state index in [9.17, 15) is 0 Å². The molecule has 0 aromatic carbocycles. The standard InChI is InChI=1S/C10H25N2O2Si/c1-5-8-10(12-9(4)11)15(13-6-2)14-7-3/h9-10,12H,5-8,11H2,1-4H3. The van der Waals surface area contributed by atoms with E-state index in [0.717, 1.165) is 12.8 Å². The number of hydrogen-bond acceptors (Lipinski definition) is 4. The highest BCUT2D eigenvalue weighted by molar-refractivity contribution is 6.46. The first-order chi connectivity index (χ1) is 7.15. The van der Waals surface area contributed by atoms with Gasteiger partial charge in [0.1, 0.15) is 0 Å². The zero-order chi connectivity index (χ0) is 11.7. The quantitative estimate of drug-likeness (QED) is 0.463. The molecule has 0 heterocycles. The Balaban J connectivity index is 4.22. The Morgan fingerprint density at radius 2 is 1.73 bits per heavy atom. The molecule has 0 aliphatic carbocycles. The summed E-state index contributed by atoms with van der Waals surface area (Å²) in [6.45, 7) is 9.51. The molecule has 0 amide bonds. The molecule has 0 fully saturated rings. The molecule has 5 heteroatoms. The van der Waals surface area contributed by atoms with E-state index in [0.29, 0.717) is 13.2 Å². The summed E-state index contributed by atoms with van der Waals surface area (Å²) >= 11 is 0. The normalized spacial score (nSPS) is 15.6. The van der Waals surface area contributed by atoms with E-state index >= 15 is 0 Å². The Hall–Kier alpha value is 0.0569. The molecule has 0 bridgehead atoms. The maximum absolute atomic E-state index is 5.75. The van der Waals surface area contributed by atoms with Gasteiger partial charge in [-0.15, -0.1) is 0 Å². The Morgan fingerprint density at radius 3 is 2.07 bits per heavy atom. The third kappa shape index (κ3) is 7.02. The lowest BCUT2D eigenvalue weighted by Gasteiger charge is -2.25. The summed E-state index contributed by atoms with van der Waals surface area (Å²) in [6, 6.07) is 0. The van der Waals surface area contributed by atoms with Crippen LogP contribution in [0.15, 0.2) is 0 Å². The molecule has 3 N–H and O–H groups in total. The van der Waals surface area contributed by atoms with Gasteiger partial charge in [-0.25, -0.2) is 0 Å². The number of hydrogen-bond donors (Lipinski definition) is 2. The average molecular weight is 233 g/mol. The lowest BCUT2D eigenvalue weighted by Crippen LogP contribution is -2.52. The topological polar surface area (TPSA) is 56.5 Å². The molecule has 1 radical (unpaired) electrons. The molecule has 0 saturated carbocycles. The zero-order valence-corrected chi connectivity index (χ0v) is 11.4. The van der Waals surface area contributed by atoms with Crippen LogP contribution in [-0.4, -0.2) is 34.3 Å². The van der Waals surface area contributed by atoms with Crippen LogP contribution < -0.4 is 11.1 Å². The molecule has 0 spiro atoms. The van der Waals surface area contributed by atoms with Crippen molar-refractivity contribution in [2.24, 2.45) is 5.73 Å². The second kappa shape index (κ2) is 9.29. The molecular weight excluding hydrogens is 208 g/mol. The second-order valence-corrected chi connectivity index (χ2v) is 5.39. The number of rotatable bonds is 9. The third-order valence-electron chi connectivity index (χ3n) is 1.90. The maximum Gasteiger partial charge on any atom is 0.403 e. The largest absolute Gasteiger partial charge is 0.403 e. The van der Waals surface area contributed by atoms with Gasteiger partial charge in [0.2, 0.25) is 0 Å². The molecule has 4 nitrogen and oxygen atoms in total. The summed E-state index contributed by atoms with van der Waals surface area (Å²) in [5.74, 6) is 0. The fourth-order valence-corrected chi connectivity index (χ4v) is 3.38. The van der Waals surface area contributed by atoms with Crippen molar-refractivity contribution in [3.8, 4) is 0 Å². The van der Waals surface area contributed by atoms with Gasteiger partial charge in [-0.05, 0) is 27.2 Å². The van der Waals surface area contributed by atoms with Crippen molar-refractivity contribution < 1.29 is 8.85 Å². The fourth-order valence-electron chi connectivity index (χ4n) is 1.40. The molecule has 0 saturated heterocycles. The summed E-state index contributed by atoms with van der Waals surface area (Å²) < 4.78 is 11.3. The molecular formula is C10H25N2O2Si. The van der Waals surface area contributed by atoms with Gasteiger partial charge >= 0.3 is 9.28 Å². The summed E-state index contributed by atoms with van der Waals surface area (Å²) in [5, 5.41) is 3.32. The Labute approximate surface area is 95.4 Å². The predicted molar refractivity (Wildman–Crippen MR) is 64.5 cm³/mol. The van der Waals surface area contributed by atoms with E-state index in [4.69, 9.17) is 14.6 Å². The first-order valence-electron chi connectivity index (χ1n) is 5.79. The van der Waals surface area contributed by atoms with Crippen LogP contribution in [0.25, 0.3) is 0 Å². The van der Waals surface area contributed by atoms with Crippen molar-refractivity contribution in [2.45, 2.75) is 52.4 Å². The van der Waals surface area contributed by atoms with Gasteiger partial charge in [0.25, 0.3) is 0 Å². The Morgan fingerprint density at radius 1 is 1.20 bits per heavy atom. The zero-order valence-electron chi connectivity index (χ0n) is 10.4. The predicted octanol–water partition coefficient (Wildman–Crippen LogP) is 1.15. The van der Waals surface area contributed by atoms with Crippen LogP contribution in [0.4, 0.5) is 0 Å². The molecule has 0 aromatic heterocycles. The summed E-state index contributed by atoms with van der Waals surface area (Å²) in [6.07, 6.45) is 2.15. The molecule has 0 rings (SSSR count). The molecule has 91 valence electrons. The van der Waals surface area contributed by atoms with Gasteiger partial charge in [0.05, 0.1) is 11.8 Å². The van der Waals surface area contributed by atoms with Gasteiger partial charge in [0.15, 0.2) is 0 Å². The van der Waals surface area contributed by atoms with E-state index in [1.54, 1.807) is 0 Å². The fraction of sp³-hybridized carbons (Fsp3) is 1.00. The van der Waals surface area contributed by atoms with Crippen molar-refractivity contribution in [3.05, 3.63) is 0 Å².